The fourth-order valence-corrected chi connectivity index (χ4v) is 0.611. The summed E-state index contributed by atoms with van der Waals surface area (Å²) < 4.78 is 17.1. The summed E-state index contributed by atoms with van der Waals surface area (Å²) in [5.74, 6) is -0.0817. The van der Waals surface area contributed by atoms with Gasteiger partial charge < -0.3 is 9.84 Å². The van der Waals surface area contributed by atoms with Gasteiger partial charge in [-0.3, -0.25) is 0 Å². The van der Waals surface area contributed by atoms with Crippen molar-refractivity contribution in [1.82, 2.24) is 4.98 Å². The van der Waals surface area contributed by atoms with Crippen molar-refractivity contribution in [2.45, 2.75) is 0 Å². The smallest absolute Gasteiger partial charge is 0.213 e. The van der Waals surface area contributed by atoms with E-state index in [1.165, 1.54) is 18.3 Å². The Hall–Kier alpha value is -1.16. The Bertz CT molecular complexity index is 212. The van der Waals surface area contributed by atoms with Gasteiger partial charge in [-0.1, -0.05) is 0 Å². The molecule has 0 fully saturated rings. The van der Waals surface area contributed by atoms with E-state index >= 15 is 0 Å². The van der Waals surface area contributed by atoms with E-state index in [4.69, 9.17) is 9.84 Å². The summed E-state index contributed by atoms with van der Waals surface area (Å²) in [4.78, 5) is 3.36. The zero-order valence-corrected chi connectivity index (χ0v) is 5.83. The molecule has 11 heavy (non-hydrogen) atoms. The molecule has 1 rings (SSSR count). The number of aromatic nitrogens is 1. The monoisotopic (exact) mass is 157 g/mol. The van der Waals surface area contributed by atoms with Crippen molar-refractivity contribution in [2.24, 2.45) is 0 Å². The van der Waals surface area contributed by atoms with Crippen molar-refractivity contribution >= 4 is 0 Å². The minimum atomic E-state index is -0.540. The molecule has 4 heteroatoms. The molecule has 0 radical (unpaired) electrons. The van der Waals surface area contributed by atoms with E-state index in [9.17, 15) is 4.39 Å². The predicted molar refractivity (Wildman–Crippen MR) is 36.8 cm³/mol. The first-order valence-electron chi connectivity index (χ1n) is 3.18. The van der Waals surface area contributed by atoms with Crippen molar-refractivity contribution in [2.75, 3.05) is 13.2 Å². The molecule has 60 valence electrons. The summed E-state index contributed by atoms with van der Waals surface area (Å²) in [6.45, 7) is 0.144. The van der Waals surface area contributed by atoms with Crippen LogP contribution in [0.3, 0.4) is 0 Å². The Morgan fingerprint density at radius 3 is 2.91 bits per heavy atom. The molecule has 0 aliphatic carbocycles. The molecule has 0 atom stereocenters. The highest BCUT2D eigenvalue weighted by molar-refractivity contribution is 5.15. The molecular formula is C7H8FNO2. The van der Waals surface area contributed by atoms with Crippen LogP contribution >= 0.6 is 0 Å². The standard InChI is InChI=1S/C7H8FNO2/c8-7-2-1-6(5-9-7)11-4-3-10/h1-2,5,10H,3-4H2. The summed E-state index contributed by atoms with van der Waals surface area (Å²) >= 11 is 0. The van der Waals surface area contributed by atoms with Crippen molar-refractivity contribution in [3.63, 3.8) is 0 Å². The lowest BCUT2D eigenvalue weighted by molar-refractivity contribution is 0.200. The highest BCUT2D eigenvalue weighted by Crippen LogP contribution is 2.07. The summed E-state index contributed by atoms with van der Waals surface area (Å²) in [7, 11) is 0. The van der Waals surface area contributed by atoms with Gasteiger partial charge in [0.25, 0.3) is 0 Å². The van der Waals surface area contributed by atoms with Crippen LogP contribution in [0, 0.1) is 5.95 Å². The average molecular weight is 157 g/mol. The maximum Gasteiger partial charge on any atom is 0.213 e. The van der Waals surface area contributed by atoms with Crippen LogP contribution < -0.4 is 4.74 Å². The highest BCUT2D eigenvalue weighted by atomic mass is 19.1. The Morgan fingerprint density at radius 1 is 1.55 bits per heavy atom. The Labute approximate surface area is 63.5 Å². The van der Waals surface area contributed by atoms with Crippen LogP contribution in [0.1, 0.15) is 0 Å². The molecule has 0 bridgehead atoms. The van der Waals surface area contributed by atoms with Crippen LogP contribution in [-0.4, -0.2) is 23.3 Å². The van der Waals surface area contributed by atoms with Crippen molar-refractivity contribution in [1.29, 1.82) is 0 Å². The average Bonchev–Trinajstić information content (AvgIpc) is 2.04. The van der Waals surface area contributed by atoms with Gasteiger partial charge in [0.15, 0.2) is 0 Å². The lowest BCUT2D eigenvalue weighted by Gasteiger charge is -2.01. The fraction of sp³-hybridized carbons (Fsp3) is 0.286. The third-order valence-corrected chi connectivity index (χ3v) is 1.06. The molecule has 3 nitrogen and oxygen atoms in total. The van der Waals surface area contributed by atoms with Crippen LogP contribution in [0.4, 0.5) is 4.39 Å². The van der Waals surface area contributed by atoms with Gasteiger partial charge in [0.1, 0.15) is 12.4 Å². The van der Waals surface area contributed by atoms with E-state index < -0.39 is 5.95 Å². The lowest BCUT2D eigenvalue weighted by atomic mass is 10.4. The Balaban J connectivity index is 2.52. The molecule has 1 aromatic rings. The largest absolute Gasteiger partial charge is 0.490 e. The molecule has 0 unspecified atom stereocenters. The first kappa shape index (κ1) is 7.94. The number of halogens is 1. The third-order valence-electron chi connectivity index (χ3n) is 1.06. The van der Waals surface area contributed by atoms with Gasteiger partial charge in [-0.25, -0.2) is 4.98 Å². The Kier molecular flexibility index (Phi) is 2.80. The molecule has 0 spiro atoms. The zero-order chi connectivity index (χ0) is 8.10. The quantitative estimate of drug-likeness (QED) is 0.653. The number of hydrogen-bond acceptors (Lipinski definition) is 3. The van der Waals surface area contributed by atoms with E-state index in [0.717, 1.165) is 0 Å². The SMILES string of the molecule is OCCOc1ccc(F)nc1. The lowest BCUT2D eigenvalue weighted by Crippen LogP contribution is -2.01. The van der Waals surface area contributed by atoms with Gasteiger partial charge in [-0.15, -0.1) is 0 Å². The van der Waals surface area contributed by atoms with E-state index in [1.807, 2.05) is 0 Å². The van der Waals surface area contributed by atoms with Gasteiger partial charge >= 0.3 is 0 Å². The summed E-state index contributed by atoms with van der Waals surface area (Å²) in [6.07, 6.45) is 1.27. The predicted octanol–water partition coefficient (Wildman–Crippen LogP) is 0.592. The van der Waals surface area contributed by atoms with Crippen molar-refractivity contribution in [3.05, 3.63) is 24.3 Å². The van der Waals surface area contributed by atoms with E-state index in [-0.39, 0.29) is 13.2 Å². The zero-order valence-electron chi connectivity index (χ0n) is 5.83. The van der Waals surface area contributed by atoms with Gasteiger partial charge in [0.2, 0.25) is 5.95 Å². The number of pyridine rings is 1. The van der Waals surface area contributed by atoms with Gasteiger partial charge in [0.05, 0.1) is 12.8 Å². The van der Waals surface area contributed by atoms with E-state index in [2.05, 4.69) is 4.98 Å². The van der Waals surface area contributed by atoms with Crippen LogP contribution in [0.25, 0.3) is 0 Å². The van der Waals surface area contributed by atoms with Crippen molar-refractivity contribution in [3.8, 4) is 5.75 Å². The topological polar surface area (TPSA) is 42.4 Å². The molecule has 0 saturated heterocycles. The summed E-state index contributed by atoms with van der Waals surface area (Å²) in [5, 5.41) is 8.36. The Morgan fingerprint density at radius 2 is 2.36 bits per heavy atom. The van der Waals surface area contributed by atoms with Crippen LogP contribution in [-0.2, 0) is 0 Å². The maximum absolute atomic E-state index is 12.2. The molecule has 1 N–H and O–H groups in total. The van der Waals surface area contributed by atoms with Crippen LogP contribution in [0.2, 0.25) is 0 Å². The second kappa shape index (κ2) is 3.88. The minimum absolute atomic E-state index is 0.0582. The number of aliphatic hydroxyl groups excluding tert-OH is 1. The summed E-state index contributed by atoms with van der Waals surface area (Å²) in [6, 6.07) is 2.66. The second-order valence-corrected chi connectivity index (χ2v) is 1.89. The fourth-order valence-electron chi connectivity index (χ4n) is 0.611. The number of nitrogens with zero attached hydrogens (tertiary/aromatic N) is 1. The molecular weight excluding hydrogens is 149 g/mol. The molecule has 0 aliphatic rings. The molecule has 0 aromatic carbocycles. The van der Waals surface area contributed by atoms with Gasteiger partial charge in [-0.2, -0.15) is 4.39 Å². The molecule has 0 saturated carbocycles. The van der Waals surface area contributed by atoms with Gasteiger partial charge in [0, 0.05) is 0 Å². The first-order chi connectivity index (χ1) is 5.33. The number of ether oxygens (including phenoxy) is 1. The van der Waals surface area contributed by atoms with E-state index in [1.54, 1.807) is 0 Å². The summed E-state index contributed by atoms with van der Waals surface area (Å²) in [5.41, 5.74) is 0. The van der Waals surface area contributed by atoms with Crippen LogP contribution in [0.15, 0.2) is 18.3 Å². The van der Waals surface area contributed by atoms with Gasteiger partial charge in [-0.05, 0) is 12.1 Å². The maximum atomic E-state index is 12.2. The van der Waals surface area contributed by atoms with Crippen LogP contribution in [0.5, 0.6) is 5.75 Å². The normalized spacial score (nSPS) is 9.64. The van der Waals surface area contributed by atoms with Crippen molar-refractivity contribution < 1.29 is 14.2 Å². The number of rotatable bonds is 3. The first-order valence-corrected chi connectivity index (χ1v) is 3.18. The second-order valence-electron chi connectivity index (χ2n) is 1.89. The molecule has 1 heterocycles. The molecule has 0 aliphatic heterocycles. The molecule has 1 aromatic heterocycles. The minimum Gasteiger partial charge on any atom is -0.490 e. The van der Waals surface area contributed by atoms with E-state index in [0.29, 0.717) is 5.75 Å². The molecule has 0 amide bonds. The third kappa shape index (κ3) is 2.51. The number of aliphatic hydroxyl groups is 1. The number of hydrogen-bond donors (Lipinski definition) is 1. The highest BCUT2D eigenvalue weighted by Gasteiger charge is 1.93.